The van der Waals surface area contributed by atoms with E-state index in [0.717, 1.165) is 27.5 Å². The predicted molar refractivity (Wildman–Crippen MR) is 157 cm³/mol. The van der Waals surface area contributed by atoms with Gasteiger partial charge in [-0.15, -0.1) is 17.9 Å². The molecule has 0 radical (unpaired) electrons. The average molecular weight is 558 g/mol. The molecule has 8 nitrogen and oxygen atoms in total. The first-order valence-corrected chi connectivity index (χ1v) is 13.5. The molecule has 1 heterocycles. The van der Waals surface area contributed by atoms with Crippen molar-refractivity contribution in [3.05, 3.63) is 108 Å². The quantitative estimate of drug-likeness (QED) is 0.211. The van der Waals surface area contributed by atoms with Crippen molar-refractivity contribution < 1.29 is 24.2 Å². The Balaban J connectivity index is 1.46. The summed E-state index contributed by atoms with van der Waals surface area (Å²) in [4.78, 5) is 31.5. The molecule has 9 heteroatoms. The molecule has 0 saturated carbocycles. The Morgan fingerprint density at radius 2 is 1.80 bits per heavy atom. The Morgan fingerprint density at radius 3 is 2.45 bits per heavy atom. The molecule has 3 aromatic carbocycles. The van der Waals surface area contributed by atoms with E-state index >= 15 is 0 Å². The molecule has 0 bridgehead atoms. The third kappa shape index (κ3) is 7.06. The van der Waals surface area contributed by atoms with Crippen LogP contribution in [0.1, 0.15) is 21.5 Å². The maximum Gasteiger partial charge on any atom is 0.326 e. The molecule has 0 saturated heterocycles. The highest BCUT2D eigenvalue weighted by atomic mass is 32.1. The summed E-state index contributed by atoms with van der Waals surface area (Å²) in [6.45, 7) is 5.01. The molecule has 1 amide bonds. The summed E-state index contributed by atoms with van der Waals surface area (Å²) < 4.78 is 10.9. The van der Waals surface area contributed by atoms with Crippen LogP contribution in [0.15, 0.2) is 90.8 Å². The van der Waals surface area contributed by atoms with Gasteiger partial charge in [0.05, 0.1) is 19.9 Å². The van der Waals surface area contributed by atoms with E-state index in [9.17, 15) is 14.7 Å². The number of nitrogens with one attached hydrogen (secondary N) is 1. The van der Waals surface area contributed by atoms with E-state index in [4.69, 9.17) is 14.5 Å². The number of aromatic nitrogens is 1. The standard InChI is InChI=1S/C31H31N3O5S/c1-4-16-34(31-33-27(20-40-31)25-18-24(38-2)14-15-28(25)39-3)19-22-10-12-23(13-11-22)29(35)32-26(30(36)37)17-21-8-6-5-7-9-21/h4-15,18,20,26H,1,16-17,19H2,2-3H3,(H,32,35)(H,36,37). The summed E-state index contributed by atoms with van der Waals surface area (Å²) in [5.74, 6) is -0.0965. The van der Waals surface area contributed by atoms with Gasteiger partial charge in [0.2, 0.25) is 0 Å². The third-order valence-electron chi connectivity index (χ3n) is 6.27. The molecule has 1 atom stereocenters. The van der Waals surface area contributed by atoms with Crippen LogP contribution in [0, 0.1) is 0 Å². The lowest BCUT2D eigenvalue weighted by Crippen LogP contribution is -2.42. The van der Waals surface area contributed by atoms with Gasteiger partial charge in [0.25, 0.3) is 5.91 Å². The lowest BCUT2D eigenvalue weighted by molar-refractivity contribution is -0.139. The second-order valence-corrected chi connectivity index (χ2v) is 9.84. The van der Waals surface area contributed by atoms with Crippen LogP contribution in [0.5, 0.6) is 11.5 Å². The Bertz CT molecular complexity index is 1450. The number of carboxylic acid groups (broad SMARTS) is 1. The topological polar surface area (TPSA) is 101 Å². The van der Waals surface area contributed by atoms with Gasteiger partial charge in [0, 0.05) is 36.0 Å². The zero-order chi connectivity index (χ0) is 28.5. The number of hydrogen-bond acceptors (Lipinski definition) is 7. The van der Waals surface area contributed by atoms with E-state index < -0.39 is 17.9 Å². The lowest BCUT2D eigenvalue weighted by Gasteiger charge is -2.20. The lowest BCUT2D eigenvalue weighted by atomic mass is 10.1. The number of hydrogen-bond donors (Lipinski definition) is 2. The second-order valence-electron chi connectivity index (χ2n) is 9.00. The van der Waals surface area contributed by atoms with Crippen molar-refractivity contribution in [2.45, 2.75) is 19.0 Å². The van der Waals surface area contributed by atoms with E-state index in [2.05, 4.69) is 16.8 Å². The Morgan fingerprint density at radius 1 is 1.05 bits per heavy atom. The van der Waals surface area contributed by atoms with Crippen LogP contribution < -0.4 is 19.7 Å². The van der Waals surface area contributed by atoms with E-state index in [1.807, 2.05) is 72.1 Å². The van der Waals surface area contributed by atoms with Gasteiger partial charge in [-0.3, -0.25) is 4.79 Å². The summed E-state index contributed by atoms with van der Waals surface area (Å²) in [6.07, 6.45) is 2.02. The van der Waals surface area contributed by atoms with Crippen molar-refractivity contribution in [1.82, 2.24) is 10.3 Å². The van der Waals surface area contributed by atoms with Crippen molar-refractivity contribution in [3.8, 4) is 22.8 Å². The predicted octanol–water partition coefficient (Wildman–Crippen LogP) is 5.45. The zero-order valence-corrected chi connectivity index (χ0v) is 23.2. The fourth-order valence-corrected chi connectivity index (χ4v) is 5.02. The first kappa shape index (κ1) is 28.4. The normalized spacial score (nSPS) is 11.3. The molecule has 0 aliphatic heterocycles. The Kier molecular flexibility index (Phi) is 9.53. The van der Waals surface area contributed by atoms with Crippen molar-refractivity contribution in [3.63, 3.8) is 0 Å². The molecule has 0 spiro atoms. The molecule has 206 valence electrons. The van der Waals surface area contributed by atoms with Crippen LogP contribution in [-0.4, -0.2) is 48.8 Å². The molecule has 1 aromatic heterocycles. The second kappa shape index (κ2) is 13.4. The van der Waals surface area contributed by atoms with E-state index in [-0.39, 0.29) is 6.42 Å². The van der Waals surface area contributed by atoms with Crippen LogP contribution in [-0.2, 0) is 17.8 Å². The highest BCUT2D eigenvalue weighted by Crippen LogP contribution is 2.36. The highest BCUT2D eigenvalue weighted by Gasteiger charge is 2.21. The molecule has 0 aliphatic carbocycles. The van der Waals surface area contributed by atoms with Gasteiger partial charge in [-0.2, -0.15) is 0 Å². The number of aliphatic carboxylic acids is 1. The van der Waals surface area contributed by atoms with Crippen molar-refractivity contribution in [1.29, 1.82) is 0 Å². The molecular formula is C31H31N3O5S. The van der Waals surface area contributed by atoms with Crippen LogP contribution in [0.3, 0.4) is 0 Å². The number of carbonyl (C=O) groups excluding carboxylic acids is 1. The van der Waals surface area contributed by atoms with Crippen molar-refractivity contribution in [2.24, 2.45) is 0 Å². The molecular weight excluding hydrogens is 526 g/mol. The molecule has 0 fully saturated rings. The average Bonchev–Trinajstić information content (AvgIpc) is 3.47. The van der Waals surface area contributed by atoms with Crippen LogP contribution >= 0.6 is 11.3 Å². The maximum atomic E-state index is 12.8. The van der Waals surface area contributed by atoms with E-state index in [1.165, 1.54) is 11.3 Å². The number of carbonyl (C=O) groups is 2. The molecule has 40 heavy (non-hydrogen) atoms. The Hall–Kier alpha value is -4.63. The van der Waals surface area contributed by atoms with Crippen LogP contribution in [0.4, 0.5) is 5.13 Å². The maximum absolute atomic E-state index is 12.8. The van der Waals surface area contributed by atoms with Gasteiger partial charge in [0.15, 0.2) is 5.13 Å². The largest absolute Gasteiger partial charge is 0.497 e. The molecule has 4 aromatic rings. The number of rotatable bonds is 13. The Labute approximate surface area is 237 Å². The number of ether oxygens (including phenoxy) is 2. The van der Waals surface area contributed by atoms with Gasteiger partial charge in [-0.05, 0) is 41.5 Å². The van der Waals surface area contributed by atoms with Gasteiger partial charge in [-0.1, -0.05) is 48.5 Å². The smallest absolute Gasteiger partial charge is 0.326 e. The van der Waals surface area contributed by atoms with Crippen LogP contribution in [0.25, 0.3) is 11.3 Å². The first-order valence-electron chi connectivity index (χ1n) is 12.6. The number of thiazole rings is 1. The van der Waals surface area contributed by atoms with Crippen molar-refractivity contribution >= 4 is 28.3 Å². The van der Waals surface area contributed by atoms with Gasteiger partial charge < -0.3 is 24.8 Å². The first-order chi connectivity index (χ1) is 19.4. The number of benzene rings is 3. The van der Waals surface area contributed by atoms with Crippen LogP contribution in [0.2, 0.25) is 0 Å². The minimum atomic E-state index is -1.08. The molecule has 4 rings (SSSR count). The third-order valence-corrected chi connectivity index (χ3v) is 7.17. The molecule has 2 N–H and O–H groups in total. The molecule has 1 unspecified atom stereocenters. The van der Waals surface area contributed by atoms with Gasteiger partial charge in [0.1, 0.15) is 17.5 Å². The summed E-state index contributed by atoms with van der Waals surface area (Å²) >= 11 is 1.51. The number of methoxy groups -OCH3 is 2. The van der Waals surface area contributed by atoms with Gasteiger partial charge in [-0.25, -0.2) is 9.78 Å². The number of carboxylic acids is 1. The summed E-state index contributed by atoms with van der Waals surface area (Å²) in [7, 11) is 3.24. The van der Waals surface area contributed by atoms with Gasteiger partial charge >= 0.3 is 5.97 Å². The fraction of sp³-hybridized carbons (Fsp3) is 0.194. The fourth-order valence-electron chi connectivity index (χ4n) is 4.19. The summed E-state index contributed by atoms with van der Waals surface area (Å²) in [5, 5.41) is 15.0. The number of nitrogens with zero attached hydrogens (tertiary/aromatic N) is 2. The number of anilines is 1. The minimum absolute atomic E-state index is 0.202. The van der Waals surface area contributed by atoms with Crippen molar-refractivity contribution in [2.75, 3.05) is 25.7 Å². The monoisotopic (exact) mass is 557 g/mol. The highest BCUT2D eigenvalue weighted by molar-refractivity contribution is 7.14. The number of amides is 1. The van der Waals surface area contributed by atoms with E-state index in [0.29, 0.717) is 30.2 Å². The summed E-state index contributed by atoms with van der Waals surface area (Å²) in [6, 6.07) is 20.9. The van der Waals surface area contributed by atoms with E-state index in [1.54, 1.807) is 26.4 Å². The zero-order valence-electron chi connectivity index (χ0n) is 22.4. The minimum Gasteiger partial charge on any atom is -0.497 e. The molecule has 0 aliphatic rings. The SMILES string of the molecule is C=CCN(Cc1ccc(C(=O)NC(Cc2ccccc2)C(=O)O)cc1)c1nc(-c2cc(OC)ccc2OC)cs1. The summed E-state index contributed by atoms with van der Waals surface area (Å²) in [5.41, 5.74) is 3.81.